The number of piperazine rings is 1. The van der Waals surface area contributed by atoms with Crippen LogP contribution >= 0.6 is 31.9 Å². The third kappa shape index (κ3) is 2.81. The zero-order valence-corrected chi connectivity index (χ0v) is 17.1. The SMILES string of the molecule is Brc1ccc2c(C3CN[C@@H](c4c[nH]c5cc(Br)ccc45)CN3)c[nH]c2c1. The topological polar surface area (TPSA) is 55.6 Å². The van der Waals surface area contributed by atoms with Crippen LogP contribution in [0.25, 0.3) is 21.8 Å². The summed E-state index contributed by atoms with van der Waals surface area (Å²) < 4.78 is 2.19. The average Bonchev–Trinajstić information content (AvgIpc) is 3.25. The average molecular weight is 474 g/mol. The van der Waals surface area contributed by atoms with Gasteiger partial charge in [0.25, 0.3) is 0 Å². The lowest BCUT2D eigenvalue weighted by molar-refractivity contribution is 0.359. The van der Waals surface area contributed by atoms with Gasteiger partial charge >= 0.3 is 0 Å². The molecule has 4 nitrogen and oxygen atoms in total. The van der Waals surface area contributed by atoms with Crippen molar-refractivity contribution in [2.75, 3.05) is 13.1 Å². The highest BCUT2D eigenvalue weighted by Gasteiger charge is 2.25. The molecule has 0 radical (unpaired) electrons. The number of aromatic amines is 2. The minimum Gasteiger partial charge on any atom is -0.361 e. The van der Waals surface area contributed by atoms with Crippen molar-refractivity contribution in [3.63, 3.8) is 0 Å². The summed E-state index contributed by atoms with van der Waals surface area (Å²) >= 11 is 7.08. The second-order valence-corrected chi connectivity index (χ2v) is 8.62. The number of H-pyrrole nitrogens is 2. The van der Waals surface area contributed by atoms with Crippen molar-refractivity contribution in [1.82, 2.24) is 20.6 Å². The minimum absolute atomic E-state index is 0.306. The van der Waals surface area contributed by atoms with E-state index in [-0.39, 0.29) is 0 Å². The fourth-order valence-corrected chi connectivity index (χ4v) is 4.64. The Labute approximate surface area is 168 Å². The first-order valence-electron chi connectivity index (χ1n) is 8.69. The third-order valence-corrected chi connectivity index (χ3v) is 6.23. The van der Waals surface area contributed by atoms with Crippen LogP contribution in [0.4, 0.5) is 0 Å². The van der Waals surface area contributed by atoms with Gasteiger partial charge in [-0.05, 0) is 35.4 Å². The summed E-state index contributed by atoms with van der Waals surface area (Å²) in [5.41, 5.74) is 4.98. The number of benzene rings is 2. The van der Waals surface area contributed by atoms with E-state index >= 15 is 0 Å². The van der Waals surface area contributed by atoms with Gasteiger partial charge in [0.2, 0.25) is 0 Å². The summed E-state index contributed by atoms with van der Waals surface area (Å²) in [5.74, 6) is 0. The molecule has 4 N–H and O–H groups in total. The van der Waals surface area contributed by atoms with Gasteiger partial charge < -0.3 is 20.6 Å². The van der Waals surface area contributed by atoms with Crippen LogP contribution < -0.4 is 10.6 Å². The molecular weight excluding hydrogens is 456 g/mol. The fourth-order valence-electron chi connectivity index (χ4n) is 3.92. The quantitative estimate of drug-likeness (QED) is 0.325. The molecule has 0 saturated carbocycles. The van der Waals surface area contributed by atoms with Gasteiger partial charge in [-0.15, -0.1) is 0 Å². The van der Waals surface area contributed by atoms with Gasteiger partial charge in [0.05, 0.1) is 0 Å². The second kappa shape index (κ2) is 6.53. The van der Waals surface area contributed by atoms with Gasteiger partial charge in [-0.3, -0.25) is 0 Å². The van der Waals surface area contributed by atoms with Crippen LogP contribution in [-0.4, -0.2) is 23.1 Å². The minimum atomic E-state index is 0.306. The zero-order valence-electron chi connectivity index (χ0n) is 13.9. The van der Waals surface area contributed by atoms with Crippen LogP contribution in [0.5, 0.6) is 0 Å². The van der Waals surface area contributed by atoms with Gasteiger partial charge in [0, 0.05) is 68.3 Å². The van der Waals surface area contributed by atoms with E-state index in [9.17, 15) is 0 Å². The molecule has 132 valence electrons. The van der Waals surface area contributed by atoms with Gasteiger partial charge in [-0.25, -0.2) is 0 Å². The maximum atomic E-state index is 3.73. The summed E-state index contributed by atoms with van der Waals surface area (Å²) in [4.78, 5) is 6.77. The Bertz CT molecular complexity index is 1000. The number of aromatic nitrogens is 2. The van der Waals surface area contributed by atoms with E-state index in [1.807, 2.05) is 0 Å². The Hall–Kier alpha value is -1.60. The lowest BCUT2D eigenvalue weighted by atomic mass is 9.99. The first-order valence-corrected chi connectivity index (χ1v) is 10.3. The van der Waals surface area contributed by atoms with Crippen LogP contribution in [0.15, 0.2) is 57.7 Å². The Morgan fingerprint density at radius 2 is 1.15 bits per heavy atom. The fraction of sp³-hybridized carbons (Fsp3) is 0.200. The molecule has 1 aliphatic rings. The molecule has 2 atom stereocenters. The molecular formula is C20H18Br2N4. The van der Waals surface area contributed by atoms with E-state index in [0.717, 1.165) is 22.0 Å². The van der Waals surface area contributed by atoms with Crippen molar-refractivity contribution in [3.8, 4) is 0 Å². The summed E-state index contributed by atoms with van der Waals surface area (Å²) in [6, 6.07) is 13.4. The Morgan fingerprint density at radius 1 is 0.692 bits per heavy atom. The first kappa shape index (κ1) is 16.6. The molecule has 2 aromatic carbocycles. The number of nitrogens with one attached hydrogen (secondary N) is 4. The second-order valence-electron chi connectivity index (χ2n) is 6.79. The largest absolute Gasteiger partial charge is 0.361 e. The monoisotopic (exact) mass is 472 g/mol. The van der Waals surface area contributed by atoms with Gasteiger partial charge in [-0.2, -0.15) is 0 Å². The van der Waals surface area contributed by atoms with E-state index in [0.29, 0.717) is 12.1 Å². The molecule has 0 amide bonds. The number of rotatable bonds is 2. The number of hydrogen-bond acceptors (Lipinski definition) is 2. The molecule has 1 unspecified atom stereocenters. The van der Waals surface area contributed by atoms with Crippen LogP contribution in [0.1, 0.15) is 23.2 Å². The molecule has 2 aromatic heterocycles. The Morgan fingerprint density at radius 3 is 1.58 bits per heavy atom. The maximum Gasteiger partial charge on any atom is 0.0468 e. The Kier molecular flexibility index (Phi) is 4.16. The Balaban J connectivity index is 1.38. The van der Waals surface area contributed by atoms with E-state index in [4.69, 9.17) is 0 Å². The summed E-state index contributed by atoms with van der Waals surface area (Å²) in [7, 11) is 0. The molecule has 0 spiro atoms. The number of halogens is 2. The first-order chi connectivity index (χ1) is 12.7. The standard InChI is InChI=1S/C20H18Br2N4/c21-11-1-3-13-15(7-23-17(13)5-11)19-9-26-20(10-25-19)16-8-24-18-6-12(22)2-4-14(16)18/h1-8,19-20,23-26H,9-10H2/t19-,20?/m1/s1. The van der Waals surface area contributed by atoms with Crippen LogP contribution in [0.2, 0.25) is 0 Å². The van der Waals surface area contributed by atoms with Crippen molar-refractivity contribution in [1.29, 1.82) is 0 Å². The van der Waals surface area contributed by atoms with Gasteiger partial charge in [0.15, 0.2) is 0 Å². The summed E-state index contributed by atoms with van der Waals surface area (Å²) in [6.45, 7) is 1.80. The van der Waals surface area contributed by atoms with Crippen LogP contribution in [0.3, 0.4) is 0 Å². The molecule has 6 heteroatoms. The van der Waals surface area contributed by atoms with E-state index < -0.39 is 0 Å². The van der Waals surface area contributed by atoms with Crippen molar-refractivity contribution in [3.05, 3.63) is 68.9 Å². The molecule has 3 heterocycles. The molecule has 1 aliphatic heterocycles. The lowest BCUT2D eigenvalue weighted by Crippen LogP contribution is -2.44. The molecule has 5 rings (SSSR count). The predicted octanol–water partition coefficient (Wildman–Crippen LogP) is 5.15. The summed E-state index contributed by atoms with van der Waals surface area (Å²) in [6.07, 6.45) is 4.25. The molecule has 0 aliphatic carbocycles. The highest BCUT2D eigenvalue weighted by molar-refractivity contribution is 9.10. The predicted molar refractivity (Wildman–Crippen MR) is 113 cm³/mol. The van der Waals surface area contributed by atoms with E-state index in [2.05, 4.69) is 101 Å². The number of hydrogen-bond donors (Lipinski definition) is 4. The van der Waals surface area contributed by atoms with Gasteiger partial charge in [-0.1, -0.05) is 44.0 Å². The normalized spacial score (nSPS) is 20.8. The summed E-state index contributed by atoms with van der Waals surface area (Å²) in [5, 5.41) is 10.0. The highest BCUT2D eigenvalue weighted by Crippen LogP contribution is 2.31. The third-order valence-electron chi connectivity index (χ3n) is 5.24. The molecule has 0 bridgehead atoms. The van der Waals surface area contributed by atoms with Crippen LogP contribution in [0, 0.1) is 0 Å². The number of fused-ring (bicyclic) bond motifs is 2. The smallest absolute Gasteiger partial charge is 0.0468 e. The lowest BCUT2D eigenvalue weighted by Gasteiger charge is -2.31. The van der Waals surface area contributed by atoms with Crippen molar-refractivity contribution >= 4 is 53.7 Å². The van der Waals surface area contributed by atoms with Gasteiger partial charge in [0.1, 0.15) is 0 Å². The van der Waals surface area contributed by atoms with Crippen molar-refractivity contribution in [2.24, 2.45) is 0 Å². The highest BCUT2D eigenvalue weighted by atomic mass is 79.9. The molecule has 1 fully saturated rings. The van der Waals surface area contributed by atoms with Crippen molar-refractivity contribution in [2.45, 2.75) is 12.1 Å². The zero-order chi connectivity index (χ0) is 17.7. The molecule has 4 aromatic rings. The maximum absolute atomic E-state index is 3.73. The molecule has 1 saturated heterocycles. The van der Waals surface area contributed by atoms with E-state index in [1.165, 1.54) is 32.9 Å². The van der Waals surface area contributed by atoms with E-state index in [1.54, 1.807) is 0 Å². The van der Waals surface area contributed by atoms with Crippen LogP contribution in [-0.2, 0) is 0 Å². The van der Waals surface area contributed by atoms with Crippen molar-refractivity contribution < 1.29 is 0 Å². The molecule has 26 heavy (non-hydrogen) atoms.